The van der Waals surface area contributed by atoms with Crippen molar-refractivity contribution in [3.05, 3.63) is 58.6 Å². The zero-order valence-corrected chi connectivity index (χ0v) is 24.0. The Kier molecular flexibility index (Phi) is 11.3. The fraction of sp³-hybridized carbons (Fsp3) is 0.481. The highest BCUT2D eigenvalue weighted by Gasteiger charge is 2.27. The van der Waals surface area contributed by atoms with Gasteiger partial charge < -0.3 is 15.0 Å². The molecule has 2 aromatic rings. The van der Waals surface area contributed by atoms with E-state index in [-0.39, 0.29) is 48.7 Å². The Morgan fingerprint density at radius 2 is 1.78 bits per heavy atom. The van der Waals surface area contributed by atoms with Crippen LogP contribution < -0.4 is 14.4 Å². The Labute approximate surface area is 226 Å². The first-order chi connectivity index (χ1) is 17.3. The number of nitrogens with zero attached hydrogens (tertiary/aromatic N) is 2. The molecule has 0 aliphatic rings. The van der Waals surface area contributed by atoms with E-state index >= 15 is 0 Å². The minimum Gasteiger partial charge on any atom is -0.495 e. The molecule has 0 aliphatic carbocycles. The van der Waals surface area contributed by atoms with Crippen molar-refractivity contribution >= 4 is 39.1 Å². The van der Waals surface area contributed by atoms with Crippen LogP contribution in [0, 0.1) is 12.8 Å². The molecule has 1 atom stereocenters. The molecule has 0 aliphatic heterocycles. The average molecular weight is 552 g/mol. The van der Waals surface area contributed by atoms with E-state index in [0.717, 1.165) is 17.4 Å². The predicted molar refractivity (Wildman–Crippen MR) is 148 cm³/mol. The number of anilines is 1. The molecule has 0 aromatic heterocycles. The summed E-state index contributed by atoms with van der Waals surface area (Å²) in [6.07, 6.45) is 1.45. The van der Waals surface area contributed by atoms with Crippen molar-refractivity contribution in [1.29, 1.82) is 0 Å². The van der Waals surface area contributed by atoms with Crippen LogP contribution in [0.15, 0.2) is 42.5 Å². The van der Waals surface area contributed by atoms with Crippen LogP contribution in [0.4, 0.5) is 5.69 Å². The number of carbonyl (C=O) groups is 2. The third kappa shape index (κ3) is 8.93. The molecule has 0 fully saturated rings. The second kappa shape index (κ2) is 13.7. The number of sulfonamides is 1. The van der Waals surface area contributed by atoms with Crippen LogP contribution in [0.2, 0.25) is 5.02 Å². The summed E-state index contributed by atoms with van der Waals surface area (Å²) in [6, 6.07) is 11.8. The largest absolute Gasteiger partial charge is 0.495 e. The maximum Gasteiger partial charge on any atom is 0.242 e. The van der Waals surface area contributed by atoms with Crippen LogP contribution in [0.25, 0.3) is 0 Å². The Bertz CT molecular complexity index is 1190. The highest BCUT2D eigenvalue weighted by Crippen LogP contribution is 2.30. The summed E-state index contributed by atoms with van der Waals surface area (Å²) in [4.78, 5) is 27.8. The molecular formula is C27H38ClN3O5S. The Morgan fingerprint density at radius 1 is 1.11 bits per heavy atom. The van der Waals surface area contributed by atoms with Gasteiger partial charge in [-0.1, -0.05) is 49.7 Å². The van der Waals surface area contributed by atoms with E-state index in [1.165, 1.54) is 17.5 Å². The summed E-state index contributed by atoms with van der Waals surface area (Å²) < 4.78 is 31.4. The number of benzene rings is 2. The van der Waals surface area contributed by atoms with Crippen molar-refractivity contribution in [3.8, 4) is 5.75 Å². The number of rotatable bonds is 13. The van der Waals surface area contributed by atoms with E-state index in [2.05, 4.69) is 5.32 Å². The van der Waals surface area contributed by atoms with Crippen molar-refractivity contribution < 1.29 is 22.7 Å². The van der Waals surface area contributed by atoms with Crippen molar-refractivity contribution in [1.82, 2.24) is 10.2 Å². The van der Waals surface area contributed by atoms with Crippen molar-refractivity contribution in [2.75, 3.05) is 30.8 Å². The van der Waals surface area contributed by atoms with Crippen LogP contribution in [0.5, 0.6) is 5.75 Å². The van der Waals surface area contributed by atoms with E-state index in [0.29, 0.717) is 18.0 Å². The molecule has 2 aromatic carbocycles. The van der Waals surface area contributed by atoms with Gasteiger partial charge in [0, 0.05) is 26.1 Å². The molecule has 8 nitrogen and oxygen atoms in total. The van der Waals surface area contributed by atoms with Gasteiger partial charge in [0.25, 0.3) is 0 Å². The maximum absolute atomic E-state index is 13.4. The maximum atomic E-state index is 13.4. The monoisotopic (exact) mass is 551 g/mol. The van der Waals surface area contributed by atoms with E-state index in [1.54, 1.807) is 24.0 Å². The van der Waals surface area contributed by atoms with Gasteiger partial charge in [-0.2, -0.15) is 0 Å². The smallest absolute Gasteiger partial charge is 0.242 e. The Morgan fingerprint density at radius 3 is 2.35 bits per heavy atom. The zero-order chi connectivity index (χ0) is 27.8. The number of halogens is 1. The number of hydrogen-bond donors (Lipinski definition) is 1. The standard InChI is InChI=1S/C27H38ClN3O5S/c1-19(2)17-29-27(33)21(4)30(18-22-11-8-7-10-20(22)3)26(32)12-9-15-31(37(6,34)35)23-13-14-25(36-5)24(28)16-23/h7-8,10-11,13-14,16,19,21H,9,12,15,17-18H2,1-6H3,(H,29,33). The lowest BCUT2D eigenvalue weighted by molar-refractivity contribution is -0.140. The van der Waals surface area contributed by atoms with Gasteiger partial charge in [-0.15, -0.1) is 0 Å². The lowest BCUT2D eigenvalue weighted by atomic mass is 10.1. The highest BCUT2D eigenvalue weighted by molar-refractivity contribution is 7.92. The van der Waals surface area contributed by atoms with Crippen molar-refractivity contribution in [2.24, 2.45) is 5.92 Å². The van der Waals surface area contributed by atoms with Gasteiger partial charge in [-0.3, -0.25) is 13.9 Å². The molecule has 0 heterocycles. The molecule has 0 saturated carbocycles. The Balaban J connectivity index is 2.19. The van der Waals surface area contributed by atoms with E-state index in [9.17, 15) is 18.0 Å². The number of ether oxygens (including phenoxy) is 1. The zero-order valence-electron chi connectivity index (χ0n) is 22.5. The fourth-order valence-electron chi connectivity index (χ4n) is 3.82. The number of amides is 2. The van der Waals surface area contributed by atoms with Gasteiger partial charge in [0.05, 0.1) is 24.1 Å². The number of aryl methyl sites for hydroxylation is 1. The molecular weight excluding hydrogens is 514 g/mol. The number of methoxy groups -OCH3 is 1. The van der Waals surface area contributed by atoms with Gasteiger partial charge in [0.1, 0.15) is 11.8 Å². The highest BCUT2D eigenvalue weighted by atomic mass is 35.5. The minimum absolute atomic E-state index is 0.0730. The molecule has 0 spiro atoms. The molecule has 10 heteroatoms. The molecule has 0 saturated heterocycles. The topological polar surface area (TPSA) is 96.0 Å². The van der Waals surface area contributed by atoms with Gasteiger partial charge in [-0.05, 0) is 55.5 Å². The fourth-order valence-corrected chi connectivity index (χ4v) is 5.03. The third-order valence-corrected chi connectivity index (χ3v) is 7.52. The number of nitrogens with one attached hydrogen (secondary N) is 1. The van der Waals surface area contributed by atoms with Crippen LogP contribution in [0.1, 0.15) is 44.7 Å². The molecule has 1 unspecified atom stereocenters. The van der Waals surface area contributed by atoms with Crippen LogP contribution in [-0.4, -0.2) is 57.6 Å². The van der Waals surface area contributed by atoms with Gasteiger partial charge >= 0.3 is 0 Å². The first-order valence-corrected chi connectivity index (χ1v) is 14.5. The summed E-state index contributed by atoms with van der Waals surface area (Å²) in [5.74, 6) is 0.272. The summed E-state index contributed by atoms with van der Waals surface area (Å²) in [6.45, 7) is 8.57. The lowest BCUT2D eigenvalue weighted by Crippen LogP contribution is -2.48. The van der Waals surface area contributed by atoms with Crippen LogP contribution in [0.3, 0.4) is 0 Å². The summed E-state index contributed by atoms with van der Waals surface area (Å²) in [7, 11) is -2.15. The predicted octanol–water partition coefficient (Wildman–Crippen LogP) is 4.39. The van der Waals surface area contributed by atoms with Gasteiger partial charge in [0.2, 0.25) is 21.8 Å². The normalized spacial score (nSPS) is 12.2. The second-order valence-electron chi connectivity index (χ2n) is 9.52. The Hall–Kier alpha value is -2.78. The quantitative estimate of drug-likeness (QED) is 0.398. The van der Waals surface area contributed by atoms with Crippen LogP contribution in [-0.2, 0) is 26.2 Å². The van der Waals surface area contributed by atoms with Gasteiger partial charge in [-0.25, -0.2) is 8.42 Å². The second-order valence-corrected chi connectivity index (χ2v) is 11.8. The van der Waals surface area contributed by atoms with E-state index < -0.39 is 16.1 Å². The van der Waals surface area contributed by atoms with Crippen LogP contribution >= 0.6 is 11.6 Å². The van der Waals surface area contributed by atoms with Crippen molar-refractivity contribution in [3.63, 3.8) is 0 Å². The molecule has 2 amide bonds. The summed E-state index contributed by atoms with van der Waals surface area (Å²) in [5, 5.41) is 3.19. The molecule has 0 bridgehead atoms. The van der Waals surface area contributed by atoms with Crippen molar-refractivity contribution in [2.45, 2.75) is 53.1 Å². The summed E-state index contributed by atoms with van der Waals surface area (Å²) >= 11 is 6.20. The molecule has 1 N–H and O–H groups in total. The first-order valence-electron chi connectivity index (χ1n) is 12.3. The molecule has 2 rings (SSSR count). The number of hydrogen-bond acceptors (Lipinski definition) is 5. The average Bonchev–Trinajstić information content (AvgIpc) is 2.83. The minimum atomic E-state index is -3.63. The molecule has 204 valence electrons. The first kappa shape index (κ1) is 30.4. The molecule has 0 radical (unpaired) electrons. The van der Waals surface area contributed by atoms with Gasteiger partial charge in [0.15, 0.2) is 0 Å². The van der Waals surface area contributed by atoms with E-state index in [4.69, 9.17) is 16.3 Å². The SMILES string of the molecule is COc1ccc(N(CCCC(=O)N(Cc2ccccc2C)C(C)C(=O)NCC(C)C)S(C)(=O)=O)cc1Cl. The summed E-state index contributed by atoms with van der Waals surface area (Å²) in [5.41, 5.74) is 2.36. The third-order valence-electron chi connectivity index (χ3n) is 6.03. The van der Waals surface area contributed by atoms with E-state index in [1.807, 2.05) is 45.0 Å². The lowest BCUT2D eigenvalue weighted by Gasteiger charge is -2.30. The number of carbonyl (C=O) groups excluding carboxylic acids is 2. The molecule has 37 heavy (non-hydrogen) atoms.